The molecule has 0 unspecified atom stereocenters. The summed E-state index contributed by atoms with van der Waals surface area (Å²) in [7, 11) is -3.36. The lowest BCUT2D eigenvalue weighted by Gasteiger charge is -2.25. The number of halogens is 1. The largest absolute Gasteiger partial charge is 0.370 e. The molecule has 0 atom stereocenters. The molecular weight excluding hydrogens is 451 g/mol. The first kappa shape index (κ1) is 22.2. The van der Waals surface area contributed by atoms with Crippen LogP contribution in [0.15, 0.2) is 29.3 Å². The third kappa shape index (κ3) is 7.91. The van der Waals surface area contributed by atoms with Crippen molar-refractivity contribution in [2.75, 3.05) is 6.54 Å². The zero-order valence-electron chi connectivity index (χ0n) is 14.9. The lowest BCUT2D eigenvalue weighted by atomic mass is 9.85. The van der Waals surface area contributed by atoms with Crippen molar-refractivity contribution in [3.05, 3.63) is 35.4 Å². The molecule has 1 aromatic carbocycles. The Morgan fingerprint density at radius 3 is 2.48 bits per heavy atom. The highest BCUT2D eigenvalue weighted by Crippen LogP contribution is 2.25. The molecule has 0 aliphatic heterocycles. The molecule has 1 saturated carbocycles. The Labute approximate surface area is 168 Å². The molecule has 1 aliphatic carbocycles. The van der Waals surface area contributed by atoms with Crippen molar-refractivity contribution in [1.29, 1.82) is 0 Å². The molecule has 0 saturated heterocycles. The summed E-state index contributed by atoms with van der Waals surface area (Å²) >= 11 is 0. The third-order valence-electron chi connectivity index (χ3n) is 4.10. The lowest BCUT2D eigenvalue weighted by molar-refractivity contribution is 0.315. The van der Waals surface area contributed by atoms with Gasteiger partial charge in [0.2, 0.25) is 10.0 Å². The van der Waals surface area contributed by atoms with Crippen molar-refractivity contribution < 1.29 is 8.42 Å². The fraction of sp³-hybridized carbons (Fsp3) is 0.588. The van der Waals surface area contributed by atoms with Gasteiger partial charge in [0.25, 0.3) is 0 Å². The van der Waals surface area contributed by atoms with Crippen LogP contribution in [0, 0.1) is 5.92 Å². The van der Waals surface area contributed by atoms with E-state index in [-0.39, 0.29) is 35.8 Å². The molecule has 4 N–H and O–H groups in total. The normalized spacial score (nSPS) is 15.6. The molecule has 0 radical (unpaired) electrons. The van der Waals surface area contributed by atoms with Gasteiger partial charge < -0.3 is 11.1 Å². The summed E-state index contributed by atoms with van der Waals surface area (Å²) in [6, 6.07) is 7.32. The van der Waals surface area contributed by atoms with E-state index in [9.17, 15) is 8.42 Å². The Kier molecular flexibility index (Phi) is 9.15. The van der Waals surface area contributed by atoms with Crippen molar-refractivity contribution in [3.63, 3.8) is 0 Å². The topological polar surface area (TPSA) is 96.6 Å². The van der Waals surface area contributed by atoms with Crippen LogP contribution >= 0.6 is 24.0 Å². The Hall–Kier alpha value is -0.870. The van der Waals surface area contributed by atoms with Gasteiger partial charge in [-0.15, -0.1) is 24.0 Å². The molecule has 142 valence electrons. The van der Waals surface area contributed by atoms with Crippen LogP contribution in [0.4, 0.5) is 0 Å². The van der Waals surface area contributed by atoms with Crippen LogP contribution in [-0.2, 0) is 22.3 Å². The number of hydrogen-bond acceptors (Lipinski definition) is 3. The average Bonchev–Trinajstić information content (AvgIpc) is 2.42. The molecule has 8 heteroatoms. The SMILES string of the molecule is CC(C)NS(=O)(=O)Cc1ccccc1CN=C(N)NCC1CCC1.I. The number of nitrogens with two attached hydrogens (primary N) is 1. The van der Waals surface area contributed by atoms with Gasteiger partial charge in [0, 0.05) is 12.6 Å². The fourth-order valence-electron chi connectivity index (χ4n) is 2.63. The molecule has 1 aliphatic rings. The van der Waals surface area contributed by atoms with Crippen LogP contribution in [-0.4, -0.2) is 27.0 Å². The van der Waals surface area contributed by atoms with Gasteiger partial charge in [-0.05, 0) is 43.7 Å². The Morgan fingerprint density at radius 1 is 1.28 bits per heavy atom. The Bertz CT molecular complexity index is 673. The van der Waals surface area contributed by atoms with E-state index in [4.69, 9.17) is 5.73 Å². The van der Waals surface area contributed by atoms with Gasteiger partial charge in [-0.1, -0.05) is 30.7 Å². The van der Waals surface area contributed by atoms with Crippen molar-refractivity contribution in [3.8, 4) is 0 Å². The quantitative estimate of drug-likeness (QED) is 0.302. The van der Waals surface area contributed by atoms with E-state index >= 15 is 0 Å². The van der Waals surface area contributed by atoms with Crippen LogP contribution in [0.5, 0.6) is 0 Å². The maximum absolute atomic E-state index is 12.1. The first-order chi connectivity index (χ1) is 11.4. The minimum absolute atomic E-state index is 0. The summed E-state index contributed by atoms with van der Waals surface area (Å²) < 4.78 is 26.9. The number of hydrogen-bond donors (Lipinski definition) is 3. The summed E-state index contributed by atoms with van der Waals surface area (Å²) in [5.41, 5.74) is 7.53. The minimum Gasteiger partial charge on any atom is -0.370 e. The molecule has 0 aromatic heterocycles. The van der Waals surface area contributed by atoms with E-state index in [0.717, 1.165) is 17.7 Å². The smallest absolute Gasteiger partial charge is 0.216 e. The third-order valence-corrected chi connectivity index (χ3v) is 5.62. The molecule has 0 amide bonds. The molecule has 0 heterocycles. The zero-order chi connectivity index (χ0) is 17.6. The van der Waals surface area contributed by atoms with E-state index in [2.05, 4.69) is 15.0 Å². The van der Waals surface area contributed by atoms with Crippen molar-refractivity contribution in [1.82, 2.24) is 10.0 Å². The molecule has 1 fully saturated rings. The molecular formula is C17H29IN4O2S. The predicted octanol–water partition coefficient (Wildman–Crippen LogP) is 2.34. The summed E-state index contributed by atoms with van der Waals surface area (Å²) in [6.07, 6.45) is 3.81. The Balaban J connectivity index is 0.00000312. The lowest BCUT2D eigenvalue weighted by Crippen LogP contribution is -2.37. The zero-order valence-corrected chi connectivity index (χ0v) is 18.0. The van der Waals surface area contributed by atoms with Gasteiger partial charge in [-0.2, -0.15) is 0 Å². The van der Waals surface area contributed by atoms with E-state index in [1.807, 2.05) is 38.1 Å². The molecule has 2 rings (SSSR count). The summed E-state index contributed by atoms with van der Waals surface area (Å²) in [5.74, 6) is 1.07. The first-order valence-corrected chi connectivity index (χ1v) is 10.1. The van der Waals surface area contributed by atoms with E-state index in [1.54, 1.807) is 0 Å². The van der Waals surface area contributed by atoms with Gasteiger partial charge in [-0.3, -0.25) is 0 Å². The number of nitrogens with zero attached hydrogens (tertiary/aromatic N) is 1. The number of sulfonamides is 1. The average molecular weight is 480 g/mol. The maximum atomic E-state index is 12.1. The molecule has 25 heavy (non-hydrogen) atoms. The Morgan fingerprint density at radius 2 is 1.92 bits per heavy atom. The monoisotopic (exact) mass is 480 g/mol. The van der Waals surface area contributed by atoms with E-state index in [0.29, 0.717) is 18.4 Å². The van der Waals surface area contributed by atoms with E-state index < -0.39 is 10.0 Å². The maximum Gasteiger partial charge on any atom is 0.216 e. The van der Waals surface area contributed by atoms with Crippen LogP contribution in [0.2, 0.25) is 0 Å². The fourth-order valence-corrected chi connectivity index (χ4v) is 4.12. The number of benzene rings is 1. The second kappa shape index (κ2) is 10.3. The highest BCUT2D eigenvalue weighted by atomic mass is 127. The van der Waals surface area contributed by atoms with Crippen LogP contribution in [0.1, 0.15) is 44.2 Å². The number of nitrogens with one attached hydrogen (secondary N) is 2. The van der Waals surface area contributed by atoms with Gasteiger partial charge in [0.1, 0.15) is 0 Å². The van der Waals surface area contributed by atoms with Crippen LogP contribution in [0.25, 0.3) is 0 Å². The predicted molar refractivity (Wildman–Crippen MR) is 113 cm³/mol. The number of guanidine groups is 1. The highest BCUT2D eigenvalue weighted by Gasteiger charge is 2.17. The van der Waals surface area contributed by atoms with Crippen molar-refractivity contribution >= 4 is 40.0 Å². The van der Waals surface area contributed by atoms with Gasteiger partial charge in [0.05, 0.1) is 12.3 Å². The first-order valence-electron chi connectivity index (χ1n) is 8.46. The summed E-state index contributed by atoms with van der Waals surface area (Å²) in [4.78, 5) is 4.34. The van der Waals surface area contributed by atoms with Gasteiger partial charge in [0.15, 0.2) is 5.96 Å². The highest BCUT2D eigenvalue weighted by molar-refractivity contribution is 14.0. The summed E-state index contributed by atoms with van der Waals surface area (Å²) in [6.45, 7) is 4.85. The molecule has 1 aromatic rings. The molecule has 0 spiro atoms. The standard InChI is InChI=1S/C17H28N4O2S.HI/c1-13(2)21-24(22,23)12-16-9-4-3-8-15(16)11-20-17(18)19-10-14-6-5-7-14;/h3-4,8-9,13-14,21H,5-7,10-12H2,1-2H3,(H3,18,19,20);1H. The minimum atomic E-state index is -3.36. The summed E-state index contributed by atoms with van der Waals surface area (Å²) in [5, 5.41) is 3.15. The molecule has 0 bridgehead atoms. The second-order valence-electron chi connectivity index (χ2n) is 6.68. The second-order valence-corrected chi connectivity index (χ2v) is 8.43. The van der Waals surface area contributed by atoms with Gasteiger partial charge >= 0.3 is 0 Å². The van der Waals surface area contributed by atoms with Crippen LogP contribution in [0.3, 0.4) is 0 Å². The van der Waals surface area contributed by atoms with Crippen LogP contribution < -0.4 is 15.8 Å². The molecule has 6 nitrogen and oxygen atoms in total. The number of aliphatic imine (C=N–C) groups is 1. The number of rotatable bonds is 8. The van der Waals surface area contributed by atoms with E-state index in [1.165, 1.54) is 19.3 Å². The van der Waals surface area contributed by atoms with Gasteiger partial charge in [-0.25, -0.2) is 18.1 Å². The van der Waals surface area contributed by atoms with Crippen molar-refractivity contribution in [2.45, 2.75) is 51.4 Å². The van der Waals surface area contributed by atoms with Crippen molar-refractivity contribution in [2.24, 2.45) is 16.6 Å².